The molecule has 53 heavy (non-hydrogen) atoms. The molecular weight excluding hydrogens is 645 g/mol. The van der Waals surface area contributed by atoms with E-state index in [-0.39, 0.29) is 0 Å². The third kappa shape index (κ3) is 6.50. The van der Waals surface area contributed by atoms with Gasteiger partial charge in [0.1, 0.15) is 0 Å². The van der Waals surface area contributed by atoms with Crippen LogP contribution in [0.5, 0.6) is 0 Å². The maximum absolute atomic E-state index is 5.09. The molecule has 2 aromatic heterocycles. The van der Waals surface area contributed by atoms with Crippen LogP contribution in [0.1, 0.15) is 5.69 Å². The summed E-state index contributed by atoms with van der Waals surface area (Å²) in [6.07, 6.45) is 1.84. The van der Waals surface area contributed by atoms with E-state index in [1.54, 1.807) is 0 Å². The summed E-state index contributed by atoms with van der Waals surface area (Å²) in [5.41, 5.74) is 12.9. The van der Waals surface area contributed by atoms with Crippen molar-refractivity contribution in [2.24, 2.45) is 0 Å². The van der Waals surface area contributed by atoms with Crippen molar-refractivity contribution in [3.63, 3.8) is 0 Å². The summed E-state index contributed by atoms with van der Waals surface area (Å²) in [6.45, 7) is 2.05. The number of pyridine rings is 1. The van der Waals surface area contributed by atoms with Gasteiger partial charge in [-0.3, -0.25) is 4.98 Å². The van der Waals surface area contributed by atoms with E-state index in [4.69, 9.17) is 15.0 Å². The molecule has 0 N–H and O–H groups in total. The third-order valence-corrected chi connectivity index (χ3v) is 9.75. The van der Waals surface area contributed by atoms with E-state index in [0.29, 0.717) is 17.5 Å². The number of aryl methyl sites for hydroxylation is 1. The number of hydrogen-bond acceptors (Lipinski definition) is 4. The molecule has 250 valence electrons. The summed E-state index contributed by atoms with van der Waals surface area (Å²) < 4.78 is 0. The molecule has 0 spiro atoms. The van der Waals surface area contributed by atoms with E-state index in [1.807, 2.05) is 79.9 Å². The van der Waals surface area contributed by atoms with Gasteiger partial charge >= 0.3 is 0 Å². The molecule has 0 aliphatic heterocycles. The van der Waals surface area contributed by atoms with Crippen LogP contribution in [0.3, 0.4) is 0 Å². The minimum atomic E-state index is 0.626. The Balaban J connectivity index is 1.17. The summed E-state index contributed by atoms with van der Waals surface area (Å²) in [5, 5.41) is 2.40. The van der Waals surface area contributed by atoms with Crippen molar-refractivity contribution in [3.8, 4) is 78.7 Å². The zero-order valence-corrected chi connectivity index (χ0v) is 29.2. The van der Waals surface area contributed by atoms with E-state index in [1.165, 1.54) is 16.3 Å². The summed E-state index contributed by atoms with van der Waals surface area (Å²) in [7, 11) is 0. The third-order valence-electron chi connectivity index (χ3n) is 9.75. The van der Waals surface area contributed by atoms with Crippen molar-refractivity contribution in [1.82, 2.24) is 19.9 Å². The van der Waals surface area contributed by atoms with E-state index >= 15 is 0 Å². The molecule has 0 aliphatic carbocycles. The fourth-order valence-corrected chi connectivity index (χ4v) is 6.98. The van der Waals surface area contributed by atoms with Gasteiger partial charge in [-0.2, -0.15) is 0 Å². The van der Waals surface area contributed by atoms with Crippen LogP contribution in [0, 0.1) is 6.92 Å². The molecule has 0 saturated heterocycles. The smallest absolute Gasteiger partial charge is 0.164 e. The molecule has 0 aliphatic rings. The minimum Gasteiger partial charge on any atom is -0.261 e. The minimum absolute atomic E-state index is 0.626. The Kier molecular flexibility index (Phi) is 8.39. The van der Waals surface area contributed by atoms with E-state index in [0.717, 1.165) is 61.3 Å². The van der Waals surface area contributed by atoms with Gasteiger partial charge in [-0.05, 0) is 80.9 Å². The molecule has 9 rings (SSSR count). The number of hydrogen-bond donors (Lipinski definition) is 0. The molecular formula is C49H34N4. The molecule has 0 amide bonds. The first kappa shape index (κ1) is 31.9. The number of rotatable bonds is 7. The van der Waals surface area contributed by atoms with Crippen LogP contribution >= 0.6 is 0 Å². The standard InChI is InChI=1S/C49H34N4/c1-33-44(20-11-29-50-33)38-27-25-35(26-28-38)34-21-23-36(24-22-34)41-30-42(46-19-10-17-37-12-8-9-18-45(37)46)32-43(31-41)49-52-47(39-13-4-2-5-14-39)51-48(53-49)40-15-6-3-7-16-40/h2-32H,1H3. The number of fused-ring (bicyclic) bond motifs is 1. The van der Waals surface area contributed by atoms with Gasteiger partial charge < -0.3 is 0 Å². The van der Waals surface area contributed by atoms with Crippen molar-refractivity contribution in [3.05, 3.63) is 194 Å². The molecule has 9 aromatic rings. The predicted molar refractivity (Wildman–Crippen MR) is 218 cm³/mol. The zero-order chi connectivity index (χ0) is 35.6. The molecule has 2 heterocycles. The van der Waals surface area contributed by atoms with Gasteiger partial charge in [0.15, 0.2) is 17.5 Å². The lowest BCUT2D eigenvalue weighted by molar-refractivity contribution is 1.07. The topological polar surface area (TPSA) is 51.6 Å². The van der Waals surface area contributed by atoms with Gasteiger partial charge in [0.2, 0.25) is 0 Å². The second-order valence-electron chi connectivity index (χ2n) is 13.2. The van der Waals surface area contributed by atoms with Crippen molar-refractivity contribution in [2.75, 3.05) is 0 Å². The monoisotopic (exact) mass is 678 g/mol. The van der Waals surface area contributed by atoms with Gasteiger partial charge in [-0.15, -0.1) is 0 Å². The van der Waals surface area contributed by atoms with Gasteiger partial charge in [0, 0.05) is 34.1 Å². The van der Waals surface area contributed by atoms with E-state index in [2.05, 4.69) is 120 Å². The normalized spacial score (nSPS) is 11.1. The SMILES string of the molecule is Cc1ncccc1-c1ccc(-c2ccc(-c3cc(-c4nc(-c5ccccc5)nc(-c5ccccc5)n4)cc(-c4cccc5ccccc45)c3)cc2)cc1. The maximum Gasteiger partial charge on any atom is 0.164 e. The highest BCUT2D eigenvalue weighted by atomic mass is 15.0. The Labute approximate surface area is 309 Å². The van der Waals surface area contributed by atoms with Crippen molar-refractivity contribution < 1.29 is 0 Å². The molecule has 0 saturated carbocycles. The van der Waals surface area contributed by atoms with Gasteiger partial charge in [0.25, 0.3) is 0 Å². The van der Waals surface area contributed by atoms with Crippen LogP contribution in [0.4, 0.5) is 0 Å². The number of nitrogens with zero attached hydrogens (tertiary/aromatic N) is 4. The second-order valence-corrected chi connectivity index (χ2v) is 13.2. The predicted octanol–water partition coefficient (Wildman–Crippen LogP) is 12.4. The van der Waals surface area contributed by atoms with Crippen molar-refractivity contribution >= 4 is 10.8 Å². The Morgan fingerprint density at radius 3 is 1.42 bits per heavy atom. The summed E-state index contributed by atoms with van der Waals surface area (Å²) in [5.74, 6) is 1.91. The van der Waals surface area contributed by atoms with Crippen LogP contribution in [-0.2, 0) is 0 Å². The fourth-order valence-electron chi connectivity index (χ4n) is 6.98. The number of aromatic nitrogens is 4. The first-order valence-corrected chi connectivity index (χ1v) is 17.8. The van der Waals surface area contributed by atoms with Crippen LogP contribution in [0.25, 0.3) is 89.4 Å². The Hall–Kier alpha value is -7.04. The molecule has 0 unspecified atom stereocenters. The molecule has 0 atom stereocenters. The molecule has 4 heteroatoms. The lowest BCUT2D eigenvalue weighted by atomic mass is 9.92. The van der Waals surface area contributed by atoms with Crippen LogP contribution in [0.2, 0.25) is 0 Å². The second kappa shape index (κ2) is 13.9. The van der Waals surface area contributed by atoms with Gasteiger partial charge in [0.05, 0.1) is 0 Å². The van der Waals surface area contributed by atoms with Crippen LogP contribution < -0.4 is 0 Å². The molecule has 0 fully saturated rings. The van der Waals surface area contributed by atoms with Crippen LogP contribution in [-0.4, -0.2) is 19.9 Å². The molecule has 0 bridgehead atoms. The summed E-state index contributed by atoms with van der Waals surface area (Å²) >= 11 is 0. The first-order valence-electron chi connectivity index (χ1n) is 17.8. The van der Waals surface area contributed by atoms with E-state index < -0.39 is 0 Å². The largest absolute Gasteiger partial charge is 0.261 e. The highest BCUT2D eigenvalue weighted by molar-refractivity contribution is 5.98. The molecule has 0 radical (unpaired) electrons. The maximum atomic E-state index is 5.09. The zero-order valence-electron chi connectivity index (χ0n) is 29.2. The first-order chi connectivity index (χ1) is 26.2. The molecule has 4 nitrogen and oxygen atoms in total. The highest BCUT2D eigenvalue weighted by Crippen LogP contribution is 2.37. The quantitative estimate of drug-likeness (QED) is 0.168. The fraction of sp³-hybridized carbons (Fsp3) is 0.0204. The van der Waals surface area contributed by atoms with E-state index in [9.17, 15) is 0 Å². The average molecular weight is 679 g/mol. The van der Waals surface area contributed by atoms with Crippen molar-refractivity contribution in [2.45, 2.75) is 6.92 Å². The Morgan fingerprint density at radius 2 is 0.792 bits per heavy atom. The Morgan fingerprint density at radius 1 is 0.321 bits per heavy atom. The van der Waals surface area contributed by atoms with Crippen LogP contribution in [0.15, 0.2) is 188 Å². The Bertz CT molecular complexity index is 2640. The average Bonchev–Trinajstić information content (AvgIpc) is 3.24. The lowest BCUT2D eigenvalue weighted by Crippen LogP contribution is -2.00. The van der Waals surface area contributed by atoms with Crippen molar-refractivity contribution in [1.29, 1.82) is 0 Å². The number of benzene rings is 7. The van der Waals surface area contributed by atoms with Gasteiger partial charge in [-0.1, -0.05) is 158 Å². The molecule has 7 aromatic carbocycles. The van der Waals surface area contributed by atoms with Gasteiger partial charge in [-0.25, -0.2) is 15.0 Å². The highest BCUT2D eigenvalue weighted by Gasteiger charge is 2.16. The summed E-state index contributed by atoms with van der Waals surface area (Å²) in [6, 6.07) is 63.6. The summed E-state index contributed by atoms with van der Waals surface area (Å²) in [4.78, 5) is 19.6. The lowest BCUT2D eigenvalue weighted by Gasteiger charge is -2.14.